The predicted molar refractivity (Wildman–Crippen MR) is 125 cm³/mol. The fourth-order valence-electron chi connectivity index (χ4n) is 2.90. The summed E-state index contributed by atoms with van der Waals surface area (Å²) in [7, 11) is 1.61. The number of ether oxygens (including phenoxy) is 2. The molecular weight excluding hydrogens is 468 g/mol. The maximum Gasteiger partial charge on any atom is 0.221 e. The largest absolute Gasteiger partial charge is 0.493 e. The van der Waals surface area contributed by atoms with Crippen LogP contribution in [0.25, 0.3) is 0 Å². The number of rotatable bonds is 8. The Hall–Kier alpha value is -2.70. The Bertz CT molecular complexity index is 1030. The van der Waals surface area contributed by atoms with Crippen molar-refractivity contribution in [3.63, 3.8) is 0 Å². The summed E-state index contributed by atoms with van der Waals surface area (Å²) in [5, 5.41) is 6.79. The van der Waals surface area contributed by atoms with Crippen LogP contribution in [0.1, 0.15) is 18.1 Å². The van der Waals surface area contributed by atoms with Gasteiger partial charge in [-0.2, -0.15) is 0 Å². The van der Waals surface area contributed by atoms with Crippen LogP contribution < -0.4 is 20.1 Å². The Balaban J connectivity index is 1.78. The van der Waals surface area contributed by atoms with E-state index in [0.717, 1.165) is 27.0 Å². The number of benzene rings is 3. The molecule has 0 bridgehead atoms. The molecule has 0 aliphatic carbocycles. The van der Waals surface area contributed by atoms with Crippen LogP contribution in [-0.2, 0) is 17.9 Å². The molecule has 3 rings (SSSR count). The highest BCUT2D eigenvalue weighted by Crippen LogP contribution is 2.37. The lowest BCUT2D eigenvalue weighted by atomic mass is 10.1. The number of amides is 1. The third-order valence-electron chi connectivity index (χ3n) is 4.39. The van der Waals surface area contributed by atoms with Crippen LogP contribution in [0.4, 0.5) is 11.4 Å². The molecule has 0 spiro atoms. The first-order valence-electron chi connectivity index (χ1n) is 9.31. The number of anilines is 2. The van der Waals surface area contributed by atoms with Crippen molar-refractivity contribution in [2.75, 3.05) is 17.7 Å². The van der Waals surface area contributed by atoms with Gasteiger partial charge in [0.25, 0.3) is 0 Å². The molecule has 0 aliphatic heterocycles. The van der Waals surface area contributed by atoms with Gasteiger partial charge in [-0.1, -0.05) is 45.7 Å². The minimum atomic E-state index is -0.101. The third kappa shape index (κ3) is 5.68. The molecule has 1 amide bonds. The van der Waals surface area contributed by atoms with Crippen molar-refractivity contribution in [2.45, 2.75) is 20.1 Å². The van der Waals surface area contributed by atoms with Gasteiger partial charge in [0, 0.05) is 45.5 Å². The fraction of sp³-hybridized carbons (Fsp3) is 0.174. The molecule has 7 heteroatoms. The highest BCUT2D eigenvalue weighted by molar-refractivity contribution is 9.10. The van der Waals surface area contributed by atoms with Crippen molar-refractivity contribution in [1.29, 1.82) is 0 Å². The molecule has 0 saturated carbocycles. The molecule has 0 aromatic heterocycles. The van der Waals surface area contributed by atoms with Crippen LogP contribution in [0.15, 0.2) is 65.1 Å². The lowest BCUT2D eigenvalue weighted by Gasteiger charge is -2.18. The topological polar surface area (TPSA) is 59.6 Å². The van der Waals surface area contributed by atoms with Crippen molar-refractivity contribution in [2.24, 2.45) is 0 Å². The van der Waals surface area contributed by atoms with Crippen molar-refractivity contribution in [3.05, 3.63) is 81.3 Å². The summed E-state index contributed by atoms with van der Waals surface area (Å²) < 4.78 is 12.6. The molecule has 30 heavy (non-hydrogen) atoms. The van der Waals surface area contributed by atoms with E-state index in [1.165, 1.54) is 6.92 Å². The quantitative estimate of drug-likeness (QED) is 0.392. The zero-order chi connectivity index (χ0) is 21.5. The smallest absolute Gasteiger partial charge is 0.221 e. The van der Waals surface area contributed by atoms with E-state index in [4.69, 9.17) is 21.1 Å². The maximum absolute atomic E-state index is 11.2. The fourth-order valence-corrected chi connectivity index (χ4v) is 3.54. The van der Waals surface area contributed by atoms with Crippen LogP contribution in [0.3, 0.4) is 0 Å². The van der Waals surface area contributed by atoms with Crippen molar-refractivity contribution in [1.82, 2.24) is 0 Å². The summed E-state index contributed by atoms with van der Waals surface area (Å²) in [5.74, 6) is 1.19. The number of hydrogen-bond donors (Lipinski definition) is 2. The van der Waals surface area contributed by atoms with Crippen LogP contribution in [0.5, 0.6) is 11.5 Å². The summed E-state index contributed by atoms with van der Waals surface area (Å²) in [4.78, 5) is 11.2. The van der Waals surface area contributed by atoms with Crippen LogP contribution in [0, 0.1) is 0 Å². The van der Waals surface area contributed by atoms with E-state index in [2.05, 4.69) is 26.6 Å². The number of carbonyl (C=O) groups excluding carboxylic acids is 1. The highest BCUT2D eigenvalue weighted by Gasteiger charge is 2.15. The molecule has 5 nitrogen and oxygen atoms in total. The lowest BCUT2D eigenvalue weighted by Crippen LogP contribution is -2.07. The van der Waals surface area contributed by atoms with Crippen LogP contribution in [-0.4, -0.2) is 13.0 Å². The summed E-state index contributed by atoms with van der Waals surface area (Å²) >= 11 is 9.88. The van der Waals surface area contributed by atoms with E-state index < -0.39 is 0 Å². The SMILES string of the molecule is COc1ccc(Br)c(CNc2ccc(NC(C)=O)cc2)c1OCc1ccccc1Cl. The minimum Gasteiger partial charge on any atom is -0.493 e. The van der Waals surface area contributed by atoms with Gasteiger partial charge in [0.05, 0.1) is 7.11 Å². The van der Waals surface area contributed by atoms with Crippen LogP contribution in [0.2, 0.25) is 5.02 Å². The second-order valence-electron chi connectivity index (χ2n) is 6.55. The molecule has 0 radical (unpaired) electrons. The lowest BCUT2D eigenvalue weighted by molar-refractivity contribution is -0.114. The Kier molecular flexibility index (Phi) is 7.60. The monoisotopic (exact) mass is 488 g/mol. The van der Waals surface area contributed by atoms with Crippen molar-refractivity contribution >= 4 is 44.8 Å². The molecule has 156 valence electrons. The molecule has 0 saturated heterocycles. The second kappa shape index (κ2) is 10.4. The molecule has 0 heterocycles. The first kappa shape index (κ1) is 22.0. The Morgan fingerprint density at radius 1 is 1.03 bits per heavy atom. The Morgan fingerprint density at radius 3 is 2.40 bits per heavy atom. The van der Waals surface area contributed by atoms with Crippen molar-refractivity contribution < 1.29 is 14.3 Å². The van der Waals surface area contributed by atoms with E-state index in [9.17, 15) is 4.79 Å². The number of nitrogens with one attached hydrogen (secondary N) is 2. The molecule has 3 aromatic rings. The molecule has 0 atom stereocenters. The van der Waals surface area contributed by atoms with Gasteiger partial charge in [-0.3, -0.25) is 4.79 Å². The number of carbonyl (C=O) groups is 1. The molecule has 0 unspecified atom stereocenters. The average Bonchev–Trinajstić information content (AvgIpc) is 2.73. The van der Waals surface area contributed by atoms with Gasteiger partial charge in [-0.05, 0) is 42.5 Å². The van der Waals surface area contributed by atoms with Gasteiger partial charge in [0.15, 0.2) is 11.5 Å². The molecule has 3 aromatic carbocycles. The maximum atomic E-state index is 11.2. The summed E-state index contributed by atoms with van der Waals surface area (Å²) in [6.45, 7) is 2.32. The van der Waals surface area contributed by atoms with E-state index >= 15 is 0 Å². The van der Waals surface area contributed by atoms with E-state index in [1.54, 1.807) is 7.11 Å². The molecular formula is C23H22BrClN2O3. The molecule has 2 N–H and O–H groups in total. The normalized spacial score (nSPS) is 10.4. The van der Waals surface area contributed by atoms with E-state index in [1.807, 2.05) is 60.7 Å². The third-order valence-corrected chi connectivity index (χ3v) is 5.50. The van der Waals surface area contributed by atoms with Gasteiger partial charge < -0.3 is 20.1 Å². The van der Waals surface area contributed by atoms with Gasteiger partial charge in [0.1, 0.15) is 6.61 Å². The Morgan fingerprint density at radius 2 is 1.73 bits per heavy atom. The van der Waals surface area contributed by atoms with E-state index in [-0.39, 0.29) is 5.91 Å². The first-order valence-corrected chi connectivity index (χ1v) is 10.5. The standard InChI is InChI=1S/C23H22BrClN2O3/c1-15(28)27-18-9-7-17(8-10-18)26-13-19-20(24)11-12-22(29-2)23(19)30-14-16-5-3-4-6-21(16)25/h3-12,26H,13-14H2,1-2H3,(H,27,28). The summed E-state index contributed by atoms with van der Waals surface area (Å²) in [6.07, 6.45) is 0. The highest BCUT2D eigenvalue weighted by atomic mass is 79.9. The van der Waals surface area contributed by atoms with Crippen molar-refractivity contribution in [3.8, 4) is 11.5 Å². The number of halogens is 2. The average molecular weight is 490 g/mol. The summed E-state index contributed by atoms with van der Waals surface area (Å²) in [6, 6.07) is 18.9. The molecule has 0 fully saturated rings. The van der Waals surface area contributed by atoms with Gasteiger partial charge >= 0.3 is 0 Å². The van der Waals surface area contributed by atoms with Gasteiger partial charge in [-0.25, -0.2) is 0 Å². The second-order valence-corrected chi connectivity index (χ2v) is 7.81. The minimum absolute atomic E-state index is 0.101. The number of methoxy groups -OCH3 is 1. The summed E-state index contributed by atoms with van der Waals surface area (Å²) in [5.41, 5.74) is 3.48. The zero-order valence-electron chi connectivity index (χ0n) is 16.7. The predicted octanol–water partition coefficient (Wildman–Crippen LogP) is 6.26. The van der Waals surface area contributed by atoms with Crippen LogP contribution >= 0.6 is 27.5 Å². The van der Waals surface area contributed by atoms with E-state index in [0.29, 0.717) is 29.7 Å². The van der Waals surface area contributed by atoms with Gasteiger partial charge in [0.2, 0.25) is 5.91 Å². The zero-order valence-corrected chi connectivity index (χ0v) is 19.0. The Labute approximate surface area is 189 Å². The molecule has 0 aliphatic rings. The van der Waals surface area contributed by atoms with Gasteiger partial charge in [-0.15, -0.1) is 0 Å². The number of hydrogen-bond acceptors (Lipinski definition) is 4. The first-order chi connectivity index (χ1) is 14.5.